The lowest BCUT2D eigenvalue weighted by molar-refractivity contribution is -0.384. The minimum atomic E-state index is -1.16. The van der Waals surface area contributed by atoms with Gasteiger partial charge in [-0.2, -0.15) is 0 Å². The molecule has 5 rings (SSSR count). The Kier molecular flexibility index (Phi) is 4.64. The number of benzene rings is 3. The number of nitro benzene ring substituents is 1. The number of Topliss-reactive ketones (excluding diaryl/α,β-unsaturated/α-hetero) is 1. The van der Waals surface area contributed by atoms with Gasteiger partial charge in [0.2, 0.25) is 5.91 Å². The first-order chi connectivity index (χ1) is 15.4. The molecule has 2 heterocycles. The van der Waals surface area contributed by atoms with Crippen molar-refractivity contribution < 1.29 is 14.5 Å². The molecule has 1 unspecified atom stereocenters. The van der Waals surface area contributed by atoms with Gasteiger partial charge in [0.15, 0.2) is 5.78 Å². The Morgan fingerprint density at radius 1 is 1.03 bits per heavy atom. The van der Waals surface area contributed by atoms with Gasteiger partial charge in [0, 0.05) is 41.4 Å². The van der Waals surface area contributed by atoms with E-state index in [0.29, 0.717) is 17.8 Å². The van der Waals surface area contributed by atoms with Crippen molar-refractivity contribution in [2.75, 3.05) is 18.9 Å². The van der Waals surface area contributed by atoms with Crippen molar-refractivity contribution in [3.8, 4) is 0 Å². The fraction of sp³-hybridized carbons (Fsp3) is 0.200. The van der Waals surface area contributed by atoms with E-state index < -0.39 is 16.4 Å². The standard InChI is InChI=1S/C25H21N3O4/c1-27-15-19(16-11-13-18(14-12-16)28(31)32)22(23(29)17-7-3-2-4-8-17)25(27)20-9-5-6-10-21(20)26-24(25)30/h2-14,19,22H,15H2,1H3,(H,26,30)/t19-,22?,25-/m1/s1. The predicted octanol–water partition coefficient (Wildman–Crippen LogP) is 3.97. The highest BCUT2D eigenvalue weighted by molar-refractivity contribution is 6.12. The molecular formula is C25H21N3O4. The van der Waals surface area contributed by atoms with Crippen LogP contribution < -0.4 is 5.32 Å². The van der Waals surface area contributed by atoms with Crippen molar-refractivity contribution >= 4 is 23.1 Å². The van der Waals surface area contributed by atoms with Crippen molar-refractivity contribution in [3.63, 3.8) is 0 Å². The zero-order valence-electron chi connectivity index (χ0n) is 17.4. The van der Waals surface area contributed by atoms with Crippen LogP contribution in [0.15, 0.2) is 78.9 Å². The van der Waals surface area contributed by atoms with Crippen molar-refractivity contribution in [1.82, 2.24) is 4.90 Å². The zero-order chi connectivity index (χ0) is 22.5. The van der Waals surface area contributed by atoms with Gasteiger partial charge in [-0.15, -0.1) is 0 Å². The Balaban J connectivity index is 1.70. The topological polar surface area (TPSA) is 92.5 Å². The molecule has 32 heavy (non-hydrogen) atoms. The van der Waals surface area contributed by atoms with E-state index in [9.17, 15) is 19.7 Å². The van der Waals surface area contributed by atoms with Gasteiger partial charge >= 0.3 is 0 Å². The largest absolute Gasteiger partial charge is 0.324 e. The Labute approximate surface area is 184 Å². The van der Waals surface area contributed by atoms with Gasteiger partial charge in [-0.3, -0.25) is 24.6 Å². The quantitative estimate of drug-likeness (QED) is 0.386. The third-order valence-electron chi connectivity index (χ3n) is 6.73. The number of carbonyl (C=O) groups is 2. The third-order valence-corrected chi connectivity index (χ3v) is 6.73. The Morgan fingerprint density at radius 3 is 2.38 bits per heavy atom. The summed E-state index contributed by atoms with van der Waals surface area (Å²) in [6.07, 6.45) is 0. The number of para-hydroxylation sites is 1. The molecule has 2 aliphatic heterocycles. The maximum atomic E-state index is 14.0. The van der Waals surface area contributed by atoms with Gasteiger partial charge in [-0.25, -0.2) is 0 Å². The summed E-state index contributed by atoms with van der Waals surface area (Å²) in [5.41, 5.74) is 1.66. The van der Waals surface area contributed by atoms with Crippen molar-refractivity contribution in [2.24, 2.45) is 5.92 Å². The van der Waals surface area contributed by atoms with Crippen LogP contribution in [0.3, 0.4) is 0 Å². The van der Waals surface area contributed by atoms with Gasteiger partial charge in [0.1, 0.15) is 5.54 Å². The number of hydrogen-bond acceptors (Lipinski definition) is 5. The fourth-order valence-electron chi connectivity index (χ4n) is 5.32. The molecule has 0 aromatic heterocycles. The second kappa shape index (κ2) is 7.39. The fourth-order valence-corrected chi connectivity index (χ4v) is 5.32. The monoisotopic (exact) mass is 427 g/mol. The van der Waals surface area contributed by atoms with Crippen LogP contribution in [0.1, 0.15) is 27.4 Å². The van der Waals surface area contributed by atoms with E-state index in [4.69, 9.17) is 0 Å². The molecule has 2 aliphatic rings. The highest BCUT2D eigenvalue weighted by Gasteiger charge is 2.64. The Bertz CT molecular complexity index is 1230. The molecule has 1 amide bonds. The Hall–Kier alpha value is -3.84. The number of nitro groups is 1. The first-order valence-corrected chi connectivity index (χ1v) is 10.4. The number of likely N-dealkylation sites (N-methyl/N-ethyl adjacent to an activating group) is 1. The molecule has 1 spiro atoms. The second-order valence-corrected chi connectivity index (χ2v) is 8.31. The summed E-state index contributed by atoms with van der Waals surface area (Å²) in [5.74, 6) is -1.35. The highest BCUT2D eigenvalue weighted by atomic mass is 16.6. The third kappa shape index (κ3) is 2.78. The van der Waals surface area contributed by atoms with Crippen LogP contribution in [0.25, 0.3) is 0 Å². The lowest BCUT2D eigenvalue weighted by atomic mass is 9.70. The van der Waals surface area contributed by atoms with Gasteiger partial charge in [0.25, 0.3) is 5.69 Å². The van der Waals surface area contributed by atoms with E-state index in [1.807, 2.05) is 54.4 Å². The van der Waals surface area contributed by atoms with E-state index in [1.54, 1.807) is 24.3 Å². The minimum absolute atomic E-state index is 0.00953. The number of non-ortho nitro benzene ring substituents is 1. The number of nitrogens with one attached hydrogen (secondary N) is 1. The zero-order valence-corrected chi connectivity index (χ0v) is 17.4. The molecule has 7 heteroatoms. The maximum Gasteiger partial charge on any atom is 0.269 e. The average molecular weight is 427 g/mol. The average Bonchev–Trinajstić information content (AvgIpc) is 3.29. The number of ketones is 1. The van der Waals surface area contributed by atoms with Gasteiger partial charge in [-0.05, 0) is 18.7 Å². The van der Waals surface area contributed by atoms with E-state index in [0.717, 1.165) is 11.1 Å². The predicted molar refractivity (Wildman–Crippen MR) is 119 cm³/mol. The van der Waals surface area contributed by atoms with Gasteiger partial charge in [-0.1, -0.05) is 60.7 Å². The summed E-state index contributed by atoms with van der Waals surface area (Å²) in [6, 6.07) is 22.8. The molecule has 1 fully saturated rings. The van der Waals surface area contributed by atoms with Crippen LogP contribution in [-0.2, 0) is 10.3 Å². The summed E-state index contributed by atoms with van der Waals surface area (Å²) in [7, 11) is 1.86. The van der Waals surface area contributed by atoms with E-state index in [2.05, 4.69) is 5.32 Å². The molecule has 3 atom stereocenters. The van der Waals surface area contributed by atoms with Crippen LogP contribution in [0.4, 0.5) is 11.4 Å². The number of likely N-dealkylation sites (tertiary alicyclic amines) is 1. The summed E-state index contributed by atoms with van der Waals surface area (Å²) in [4.78, 5) is 40.1. The lowest BCUT2D eigenvalue weighted by Crippen LogP contribution is -2.51. The molecule has 1 saturated heterocycles. The molecule has 0 saturated carbocycles. The van der Waals surface area contributed by atoms with Crippen LogP contribution in [0.5, 0.6) is 0 Å². The summed E-state index contributed by atoms with van der Waals surface area (Å²) < 4.78 is 0. The molecule has 3 aromatic rings. The van der Waals surface area contributed by atoms with E-state index in [-0.39, 0.29) is 23.3 Å². The number of anilines is 1. The normalized spacial score (nSPS) is 24.3. The molecule has 0 bridgehead atoms. The maximum absolute atomic E-state index is 14.0. The molecule has 7 nitrogen and oxygen atoms in total. The highest BCUT2D eigenvalue weighted by Crippen LogP contribution is 2.55. The number of nitrogens with zero attached hydrogens (tertiary/aromatic N) is 2. The van der Waals surface area contributed by atoms with E-state index >= 15 is 0 Å². The van der Waals surface area contributed by atoms with Crippen LogP contribution >= 0.6 is 0 Å². The number of rotatable bonds is 4. The molecule has 0 aliphatic carbocycles. The first kappa shape index (κ1) is 20.1. The van der Waals surface area contributed by atoms with Crippen molar-refractivity contribution in [3.05, 3.63) is 106 Å². The molecule has 0 radical (unpaired) electrons. The molecule has 160 valence electrons. The summed E-state index contributed by atoms with van der Waals surface area (Å²) in [5, 5.41) is 14.1. The van der Waals surface area contributed by atoms with Gasteiger partial charge < -0.3 is 5.32 Å². The lowest BCUT2D eigenvalue weighted by Gasteiger charge is -2.35. The number of fused-ring (bicyclic) bond motifs is 2. The Morgan fingerprint density at radius 2 is 1.69 bits per heavy atom. The minimum Gasteiger partial charge on any atom is -0.324 e. The second-order valence-electron chi connectivity index (χ2n) is 8.31. The van der Waals surface area contributed by atoms with Gasteiger partial charge in [0.05, 0.1) is 10.8 Å². The first-order valence-electron chi connectivity index (χ1n) is 10.4. The summed E-state index contributed by atoms with van der Waals surface area (Å²) in [6.45, 7) is 0.461. The molecule has 1 N–H and O–H groups in total. The SMILES string of the molecule is CN1C[C@H](c2ccc([N+](=O)[O-])cc2)C(C(=O)c2ccccc2)[C@]12C(=O)Nc1ccccc12. The van der Waals surface area contributed by atoms with Crippen LogP contribution in [0, 0.1) is 16.0 Å². The van der Waals surface area contributed by atoms with Crippen LogP contribution in [0.2, 0.25) is 0 Å². The number of carbonyl (C=O) groups excluding carboxylic acids is 2. The number of hydrogen-bond donors (Lipinski definition) is 1. The molecular weight excluding hydrogens is 406 g/mol. The van der Waals surface area contributed by atoms with E-state index in [1.165, 1.54) is 12.1 Å². The van der Waals surface area contributed by atoms with Crippen molar-refractivity contribution in [1.29, 1.82) is 0 Å². The van der Waals surface area contributed by atoms with Crippen LogP contribution in [-0.4, -0.2) is 35.1 Å². The number of amides is 1. The molecule has 3 aromatic carbocycles. The van der Waals surface area contributed by atoms with Crippen molar-refractivity contribution in [2.45, 2.75) is 11.5 Å². The smallest absolute Gasteiger partial charge is 0.269 e. The summed E-state index contributed by atoms with van der Waals surface area (Å²) >= 11 is 0.